The maximum absolute atomic E-state index is 13.6. The van der Waals surface area contributed by atoms with Crippen molar-refractivity contribution in [2.75, 3.05) is 38.1 Å². The van der Waals surface area contributed by atoms with Crippen LogP contribution in [0.3, 0.4) is 0 Å². The minimum absolute atomic E-state index is 0.0332. The van der Waals surface area contributed by atoms with Gasteiger partial charge in [-0.25, -0.2) is 4.39 Å². The van der Waals surface area contributed by atoms with Gasteiger partial charge in [-0.3, -0.25) is 14.5 Å². The number of ether oxygens (including phenoxy) is 2. The maximum atomic E-state index is 13.6. The van der Waals surface area contributed by atoms with Crippen LogP contribution in [-0.2, 0) is 9.59 Å². The Balaban J connectivity index is 1.17. The highest BCUT2D eigenvalue weighted by Gasteiger charge is 2.29. The van der Waals surface area contributed by atoms with Crippen LogP contribution in [0.4, 0.5) is 10.1 Å². The lowest BCUT2D eigenvalue weighted by atomic mass is 10.0. The fraction of sp³-hybridized carbons (Fsp3) is 0.417. The van der Waals surface area contributed by atoms with E-state index in [4.69, 9.17) is 21.1 Å². The molecule has 0 aliphatic carbocycles. The average Bonchev–Trinajstić information content (AvgIpc) is 2.80. The molecule has 1 atom stereocenters. The molecule has 2 aromatic carbocycles. The number of ketones is 1. The molecule has 2 aliphatic rings. The summed E-state index contributed by atoms with van der Waals surface area (Å²) in [6.07, 6.45) is 0.882. The van der Waals surface area contributed by atoms with Gasteiger partial charge in [0.25, 0.3) is 5.91 Å². The van der Waals surface area contributed by atoms with E-state index in [1.54, 1.807) is 37.3 Å². The fourth-order valence-corrected chi connectivity index (χ4v) is 4.11. The van der Waals surface area contributed by atoms with Crippen LogP contribution in [0.5, 0.6) is 11.5 Å². The van der Waals surface area contributed by atoms with Crippen LogP contribution >= 0.6 is 11.6 Å². The maximum Gasteiger partial charge on any atom is 0.263 e. The molecule has 9 heteroatoms. The summed E-state index contributed by atoms with van der Waals surface area (Å²) in [4.78, 5) is 27.0. The Labute approximate surface area is 197 Å². The van der Waals surface area contributed by atoms with E-state index in [0.717, 1.165) is 18.5 Å². The second-order valence-corrected chi connectivity index (χ2v) is 8.86. The zero-order valence-corrected chi connectivity index (χ0v) is 19.2. The number of halogens is 2. The number of hydrogen-bond donors (Lipinski definition) is 2. The number of rotatable bonds is 7. The van der Waals surface area contributed by atoms with Crippen molar-refractivity contribution in [2.24, 2.45) is 0 Å². The molecule has 2 N–H and O–H groups in total. The Morgan fingerprint density at radius 2 is 2.03 bits per heavy atom. The molecule has 33 heavy (non-hydrogen) atoms. The molecule has 2 aliphatic heterocycles. The molecule has 0 saturated carbocycles. The van der Waals surface area contributed by atoms with E-state index >= 15 is 0 Å². The first-order valence-electron chi connectivity index (χ1n) is 11.0. The standard InChI is InChI=1S/C24H27ClFN3O4/c1-15-2-4-19(11-20(15)26)32-14-18(30)13-29-8-6-17(7-9-29)28-24(31)23-12-27-21-10-16(25)3-5-22(21)33-23/h2-5,10-11,17,23,27H,6-9,12-14H2,1H3,(H,28,31). The Bertz CT molecular complexity index is 1030. The number of hydrogen-bond acceptors (Lipinski definition) is 6. The summed E-state index contributed by atoms with van der Waals surface area (Å²) < 4.78 is 24.8. The van der Waals surface area contributed by atoms with Gasteiger partial charge in [0.15, 0.2) is 11.9 Å². The van der Waals surface area contributed by atoms with E-state index in [1.807, 2.05) is 4.90 Å². The SMILES string of the molecule is Cc1ccc(OCC(=O)CN2CCC(NC(=O)C3CNc4cc(Cl)ccc4O3)CC2)cc1F. The molecule has 0 aromatic heterocycles. The van der Waals surface area contributed by atoms with E-state index in [2.05, 4.69) is 10.6 Å². The second-order valence-electron chi connectivity index (χ2n) is 8.43. The van der Waals surface area contributed by atoms with Crippen LogP contribution in [0.2, 0.25) is 5.02 Å². The Kier molecular flexibility index (Phi) is 7.35. The number of carbonyl (C=O) groups excluding carboxylic acids is 2. The highest BCUT2D eigenvalue weighted by molar-refractivity contribution is 6.30. The summed E-state index contributed by atoms with van der Waals surface area (Å²) in [6.45, 7) is 3.60. The van der Waals surface area contributed by atoms with Gasteiger partial charge in [0.1, 0.15) is 23.9 Å². The number of carbonyl (C=O) groups is 2. The summed E-state index contributed by atoms with van der Waals surface area (Å²) in [5, 5.41) is 6.85. The molecule has 2 heterocycles. The smallest absolute Gasteiger partial charge is 0.263 e. The molecule has 0 bridgehead atoms. The summed E-state index contributed by atoms with van der Waals surface area (Å²) in [5.41, 5.74) is 1.31. The molecule has 176 valence electrons. The van der Waals surface area contributed by atoms with Gasteiger partial charge in [-0.15, -0.1) is 0 Å². The van der Waals surface area contributed by atoms with Crippen molar-refractivity contribution in [3.05, 3.63) is 52.8 Å². The lowest BCUT2D eigenvalue weighted by molar-refractivity contribution is -0.129. The summed E-state index contributed by atoms with van der Waals surface area (Å²) >= 11 is 5.98. The number of nitrogens with zero attached hydrogens (tertiary/aromatic N) is 1. The highest BCUT2D eigenvalue weighted by Crippen LogP contribution is 2.31. The molecule has 1 unspecified atom stereocenters. The molecule has 0 spiro atoms. The Hall–Kier alpha value is -2.84. The average molecular weight is 476 g/mol. The predicted molar refractivity (Wildman–Crippen MR) is 124 cm³/mol. The van der Waals surface area contributed by atoms with Gasteiger partial charge in [0.05, 0.1) is 18.8 Å². The number of nitrogens with one attached hydrogen (secondary N) is 2. The first kappa shape index (κ1) is 23.3. The molecule has 1 amide bonds. The van der Waals surface area contributed by atoms with Crippen molar-refractivity contribution in [1.29, 1.82) is 0 Å². The summed E-state index contributed by atoms with van der Waals surface area (Å²) in [5.74, 6) is 0.370. The van der Waals surface area contributed by atoms with Gasteiger partial charge < -0.3 is 20.1 Å². The van der Waals surface area contributed by atoms with Crippen LogP contribution in [0.25, 0.3) is 0 Å². The zero-order chi connectivity index (χ0) is 23.4. The van der Waals surface area contributed by atoms with Gasteiger partial charge in [0, 0.05) is 30.2 Å². The summed E-state index contributed by atoms with van der Waals surface area (Å²) in [7, 11) is 0. The predicted octanol–water partition coefficient (Wildman–Crippen LogP) is 3.19. The quantitative estimate of drug-likeness (QED) is 0.640. The number of Topliss-reactive ketones (excluding diaryl/α,β-unsaturated/α-hetero) is 1. The number of fused-ring (bicyclic) bond motifs is 1. The van der Waals surface area contributed by atoms with E-state index in [1.165, 1.54) is 6.07 Å². The van der Waals surface area contributed by atoms with Gasteiger partial charge in [0.2, 0.25) is 0 Å². The van der Waals surface area contributed by atoms with Crippen molar-refractivity contribution < 1.29 is 23.5 Å². The van der Waals surface area contributed by atoms with Crippen molar-refractivity contribution in [2.45, 2.75) is 31.9 Å². The number of likely N-dealkylation sites (tertiary alicyclic amines) is 1. The number of anilines is 1. The Morgan fingerprint density at radius 3 is 2.79 bits per heavy atom. The largest absolute Gasteiger partial charge is 0.486 e. The third-order valence-electron chi connectivity index (χ3n) is 5.86. The van der Waals surface area contributed by atoms with Crippen molar-refractivity contribution in [1.82, 2.24) is 10.2 Å². The molecule has 4 rings (SSSR count). The molecule has 7 nitrogen and oxygen atoms in total. The second kappa shape index (κ2) is 10.4. The number of aryl methyl sites for hydroxylation is 1. The molecule has 1 fully saturated rings. The van der Waals surface area contributed by atoms with E-state index < -0.39 is 6.10 Å². The van der Waals surface area contributed by atoms with Crippen LogP contribution in [0, 0.1) is 12.7 Å². The monoisotopic (exact) mass is 475 g/mol. The Morgan fingerprint density at radius 1 is 1.24 bits per heavy atom. The fourth-order valence-electron chi connectivity index (χ4n) is 3.94. The highest BCUT2D eigenvalue weighted by atomic mass is 35.5. The third kappa shape index (κ3) is 6.15. The van der Waals surface area contributed by atoms with Gasteiger partial charge in [-0.2, -0.15) is 0 Å². The minimum Gasteiger partial charge on any atom is -0.486 e. The van der Waals surface area contributed by atoms with Gasteiger partial charge >= 0.3 is 0 Å². The number of amides is 1. The van der Waals surface area contributed by atoms with Gasteiger partial charge in [-0.1, -0.05) is 17.7 Å². The van der Waals surface area contributed by atoms with Crippen LogP contribution < -0.4 is 20.1 Å². The van der Waals surface area contributed by atoms with E-state index in [0.29, 0.717) is 41.7 Å². The van der Waals surface area contributed by atoms with E-state index in [9.17, 15) is 14.0 Å². The molecule has 0 radical (unpaired) electrons. The van der Waals surface area contributed by atoms with E-state index in [-0.39, 0.29) is 36.7 Å². The van der Waals surface area contributed by atoms with Gasteiger partial charge in [-0.05, 0) is 49.6 Å². The third-order valence-corrected chi connectivity index (χ3v) is 6.09. The molecular weight excluding hydrogens is 449 g/mol. The first-order chi connectivity index (χ1) is 15.9. The van der Waals surface area contributed by atoms with Crippen LogP contribution in [-0.4, -0.2) is 61.5 Å². The first-order valence-corrected chi connectivity index (χ1v) is 11.4. The topological polar surface area (TPSA) is 79.9 Å². The summed E-state index contributed by atoms with van der Waals surface area (Å²) in [6, 6.07) is 9.84. The van der Waals surface area contributed by atoms with Crippen molar-refractivity contribution >= 4 is 29.0 Å². The molecule has 1 saturated heterocycles. The number of benzene rings is 2. The van der Waals surface area contributed by atoms with Crippen LogP contribution in [0.15, 0.2) is 36.4 Å². The number of piperidine rings is 1. The lowest BCUT2D eigenvalue weighted by Crippen LogP contribution is -2.51. The normalized spacial score (nSPS) is 18.6. The van der Waals surface area contributed by atoms with Crippen LogP contribution in [0.1, 0.15) is 18.4 Å². The zero-order valence-electron chi connectivity index (χ0n) is 18.4. The molecule has 2 aromatic rings. The minimum atomic E-state index is -0.609. The molecular formula is C24H27ClFN3O4. The van der Waals surface area contributed by atoms with Crippen molar-refractivity contribution in [3.8, 4) is 11.5 Å². The lowest BCUT2D eigenvalue weighted by Gasteiger charge is -2.33. The van der Waals surface area contributed by atoms with Crippen molar-refractivity contribution in [3.63, 3.8) is 0 Å².